The number of amides is 1. The summed E-state index contributed by atoms with van der Waals surface area (Å²) in [6.07, 6.45) is 7.70. The molecule has 188 valence electrons. The van der Waals surface area contributed by atoms with Gasteiger partial charge in [0.05, 0.1) is 11.4 Å². The SMILES string of the molecule is CC.CC.O=C1NCc2cc(-c3ccc(Nc4ccc(N5CCCCC5)cc4)c4nccn34)ccc21. The molecule has 2 aromatic heterocycles. The van der Waals surface area contributed by atoms with E-state index in [0.717, 1.165) is 52.5 Å². The van der Waals surface area contributed by atoms with Gasteiger partial charge in [-0.05, 0) is 78.9 Å². The third kappa shape index (κ3) is 5.08. The zero-order valence-electron chi connectivity index (χ0n) is 21.8. The van der Waals surface area contributed by atoms with Crippen molar-refractivity contribution in [3.63, 3.8) is 0 Å². The van der Waals surface area contributed by atoms with Gasteiger partial charge in [0.25, 0.3) is 5.91 Å². The van der Waals surface area contributed by atoms with Crippen LogP contribution < -0.4 is 15.5 Å². The van der Waals surface area contributed by atoms with Crippen molar-refractivity contribution in [3.05, 3.63) is 78.1 Å². The number of benzene rings is 2. The highest BCUT2D eigenvalue weighted by Gasteiger charge is 2.19. The minimum absolute atomic E-state index is 0.00480. The van der Waals surface area contributed by atoms with Crippen LogP contribution in [-0.2, 0) is 6.54 Å². The van der Waals surface area contributed by atoms with E-state index in [1.54, 1.807) is 0 Å². The molecule has 4 aromatic rings. The third-order valence-electron chi connectivity index (χ3n) is 6.50. The third-order valence-corrected chi connectivity index (χ3v) is 6.50. The molecule has 0 unspecified atom stereocenters. The van der Waals surface area contributed by atoms with Gasteiger partial charge in [-0.25, -0.2) is 4.98 Å². The first kappa shape index (κ1) is 25.3. The molecule has 0 atom stereocenters. The first-order chi connectivity index (χ1) is 17.8. The van der Waals surface area contributed by atoms with Crippen molar-refractivity contribution in [2.45, 2.75) is 53.5 Å². The van der Waals surface area contributed by atoms with E-state index in [1.165, 1.54) is 24.9 Å². The van der Waals surface area contributed by atoms with Crippen LogP contribution in [0.15, 0.2) is 67.0 Å². The van der Waals surface area contributed by atoms with E-state index >= 15 is 0 Å². The lowest BCUT2D eigenvalue weighted by molar-refractivity contribution is 0.0965. The van der Waals surface area contributed by atoms with Gasteiger partial charge in [0.2, 0.25) is 0 Å². The maximum Gasteiger partial charge on any atom is 0.251 e. The molecule has 0 aliphatic carbocycles. The first-order valence-corrected chi connectivity index (χ1v) is 13.3. The number of aromatic nitrogens is 2. The Labute approximate surface area is 214 Å². The normalized spacial score (nSPS) is 14.2. The fraction of sp³-hybridized carbons (Fsp3) is 0.333. The van der Waals surface area contributed by atoms with Crippen molar-refractivity contribution in [3.8, 4) is 11.3 Å². The molecule has 2 aromatic carbocycles. The van der Waals surface area contributed by atoms with Gasteiger partial charge in [0, 0.05) is 49.0 Å². The van der Waals surface area contributed by atoms with E-state index < -0.39 is 0 Å². The number of nitrogens with zero attached hydrogens (tertiary/aromatic N) is 3. The molecular weight excluding hydrogens is 446 g/mol. The van der Waals surface area contributed by atoms with Gasteiger partial charge in [-0.15, -0.1) is 0 Å². The topological polar surface area (TPSA) is 61.7 Å². The van der Waals surface area contributed by atoms with Gasteiger partial charge < -0.3 is 15.5 Å². The minimum atomic E-state index is 0.00480. The van der Waals surface area contributed by atoms with Crippen LogP contribution >= 0.6 is 0 Å². The lowest BCUT2D eigenvalue weighted by Crippen LogP contribution is -2.29. The van der Waals surface area contributed by atoms with E-state index in [-0.39, 0.29) is 5.91 Å². The number of hydrogen-bond donors (Lipinski definition) is 2. The molecule has 6 rings (SSSR count). The van der Waals surface area contributed by atoms with Crippen LogP contribution in [0.1, 0.15) is 62.9 Å². The van der Waals surface area contributed by atoms with Crippen molar-refractivity contribution < 1.29 is 4.79 Å². The van der Waals surface area contributed by atoms with E-state index in [0.29, 0.717) is 6.54 Å². The summed E-state index contributed by atoms with van der Waals surface area (Å²) in [6, 6.07) is 18.9. The number of carbonyl (C=O) groups excluding carboxylic acids is 1. The van der Waals surface area contributed by atoms with Crippen molar-refractivity contribution >= 4 is 28.6 Å². The van der Waals surface area contributed by atoms with Crippen molar-refractivity contribution in [1.29, 1.82) is 0 Å². The van der Waals surface area contributed by atoms with Crippen molar-refractivity contribution in [1.82, 2.24) is 14.7 Å². The Morgan fingerprint density at radius 2 is 1.64 bits per heavy atom. The lowest BCUT2D eigenvalue weighted by Gasteiger charge is -2.28. The largest absolute Gasteiger partial charge is 0.372 e. The van der Waals surface area contributed by atoms with Crippen LogP contribution in [0, 0.1) is 0 Å². The molecule has 0 bridgehead atoms. The zero-order valence-corrected chi connectivity index (χ0v) is 21.8. The Morgan fingerprint density at radius 3 is 2.39 bits per heavy atom. The number of piperidine rings is 1. The number of rotatable bonds is 4. The maximum absolute atomic E-state index is 11.9. The highest BCUT2D eigenvalue weighted by atomic mass is 16.1. The molecule has 1 amide bonds. The molecule has 0 radical (unpaired) electrons. The number of carbonyl (C=O) groups is 1. The highest BCUT2D eigenvalue weighted by molar-refractivity contribution is 5.99. The fourth-order valence-corrected chi connectivity index (χ4v) is 4.80. The number of fused-ring (bicyclic) bond motifs is 2. The smallest absolute Gasteiger partial charge is 0.251 e. The predicted molar refractivity (Wildman–Crippen MR) is 150 cm³/mol. The summed E-state index contributed by atoms with van der Waals surface area (Å²) in [5, 5.41) is 6.42. The summed E-state index contributed by atoms with van der Waals surface area (Å²) < 4.78 is 2.09. The van der Waals surface area contributed by atoms with Crippen LogP contribution in [0.2, 0.25) is 0 Å². The number of anilines is 3. The van der Waals surface area contributed by atoms with Crippen LogP contribution in [0.25, 0.3) is 16.9 Å². The number of nitrogens with one attached hydrogen (secondary N) is 2. The summed E-state index contributed by atoms with van der Waals surface area (Å²) >= 11 is 0. The first-order valence-electron chi connectivity index (χ1n) is 13.3. The molecule has 2 aliphatic rings. The summed E-state index contributed by atoms with van der Waals surface area (Å²) in [5.74, 6) is 0.00480. The van der Waals surface area contributed by atoms with Gasteiger partial charge in [-0.3, -0.25) is 9.20 Å². The molecule has 1 fully saturated rings. The summed E-state index contributed by atoms with van der Waals surface area (Å²) in [7, 11) is 0. The average molecular weight is 484 g/mol. The van der Waals surface area contributed by atoms with Gasteiger partial charge >= 0.3 is 0 Å². The molecule has 0 spiro atoms. The molecular formula is C30H37N5O. The van der Waals surface area contributed by atoms with E-state index in [4.69, 9.17) is 0 Å². The Balaban J connectivity index is 0.000000726. The van der Waals surface area contributed by atoms with Crippen LogP contribution in [0.4, 0.5) is 17.1 Å². The van der Waals surface area contributed by atoms with Gasteiger partial charge in [0.15, 0.2) is 5.65 Å². The molecule has 4 heterocycles. The summed E-state index contributed by atoms with van der Waals surface area (Å²) in [6.45, 7) is 10.9. The summed E-state index contributed by atoms with van der Waals surface area (Å²) in [5.41, 5.74) is 8.09. The summed E-state index contributed by atoms with van der Waals surface area (Å²) in [4.78, 5) is 18.9. The minimum Gasteiger partial charge on any atom is -0.372 e. The van der Waals surface area contributed by atoms with E-state index in [9.17, 15) is 4.79 Å². The Bertz CT molecular complexity index is 1300. The Kier molecular flexibility index (Phi) is 8.26. The highest BCUT2D eigenvalue weighted by Crippen LogP contribution is 2.30. The monoisotopic (exact) mass is 483 g/mol. The predicted octanol–water partition coefficient (Wildman–Crippen LogP) is 7.03. The number of pyridine rings is 1. The molecule has 36 heavy (non-hydrogen) atoms. The second-order valence-corrected chi connectivity index (χ2v) is 8.53. The Hall–Kier alpha value is -3.80. The molecule has 6 heteroatoms. The van der Waals surface area contributed by atoms with Crippen LogP contribution in [0.5, 0.6) is 0 Å². The van der Waals surface area contributed by atoms with Gasteiger partial charge in [0.1, 0.15) is 0 Å². The molecule has 2 aliphatic heterocycles. The number of hydrogen-bond acceptors (Lipinski definition) is 4. The number of imidazole rings is 1. The molecule has 1 saturated heterocycles. The van der Waals surface area contributed by atoms with Crippen LogP contribution in [-0.4, -0.2) is 28.4 Å². The second kappa shape index (κ2) is 11.8. The second-order valence-electron chi connectivity index (χ2n) is 8.53. The lowest BCUT2D eigenvalue weighted by atomic mass is 10.0. The zero-order chi connectivity index (χ0) is 25.5. The molecule has 0 saturated carbocycles. The Morgan fingerprint density at radius 1 is 0.889 bits per heavy atom. The van der Waals surface area contributed by atoms with Gasteiger partial charge in [-0.1, -0.05) is 33.8 Å². The van der Waals surface area contributed by atoms with Crippen molar-refractivity contribution in [2.75, 3.05) is 23.3 Å². The van der Waals surface area contributed by atoms with Gasteiger partial charge in [-0.2, -0.15) is 0 Å². The van der Waals surface area contributed by atoms with Crippen LogP contribution in [0.3, 0.4) is 0 Å². The van der Waals surface area contributed by atoms with E-state index in [1.807, 2.05) is 52.2 Å². The standard InChI is InChI=1S/C26H25N5O.2C2H6/c32-26-22-9-4-18(16-19(22)17-28-26)24-11-10-23(25-27-12-15-31(24)25)29-20-5-7-21(8-6-20)30-13-2-1-3-14-30;2*1-2/h4-12,15-16,29H,1-3,13-14,17H2,(H,28,32);2*1-2H3. The fourth-order valence-electron chi connectivity index (χ4n) is 4.80. The maximum atomic E-state index is 11.9. The quantitative estimate of drug-likeness (QED) is 0.327. The van der Waals surface area contributed by atoms with Crippen molar-refractivity contribution in [2.24, 2.45) is 0 Å². The average Bonchev–Trinajstić information content (AvgIpc) is 3.59. The molecule has 6 nitrogen and oxygen atoms in total. The van der Waals surface area contributed by atoms with E-state index in [2.05, 4.69) is 67.4 Å². The molecule has 2 N–H and O–H groups in total.